The van der Waals surface area contributed by atoms with E-state index in [0.29, 0.717) is 12.6 Å². The Balaban J connectivity index is 1.87. The molecule has 1 fully saturated rings. The normalized spacial score (nSPS) is 19.5. The SMILES string of the molecule is CCc1ncc(CNC2CCCCN(C(=O)OC(C)(C)C)C2)s1. The molecule has 1 aliphatic heterocycles. The Morgan fingerprint density at radius 2 is 2.26 bits per heavy atom. The van der Waals surface area contributed by atoms with Gasteiger partial charge in [0, 0.05) is 36.8 Å². The van der Waals surface area contributed by atoms with Crippen LogP contribution in [0.3, 0.4) is 0 Å². The van der Waals surface area contributed by atoms with Crippen molar-refractivity contribution < 1.29 is 9.53 Å². The van der Waals surface area contributed by atoms with Gasteiger partial charge in [-0.3, -0.25) is 0 Å². The fourth-order valence-corrected chi connectivity index (χ4v) is 3.45. The molecule has 1 amide bonds. The molecule has 1 N–H and O–H groups in total. The second-order valence-corrected chi connectivity index (χ2v) is 8.27. The van der Waals surface area contributed by atoms with Gasteiger partial charge in [0.05, 0.1) is 5.01 Å². The highest BCUT2D eigenvalue weighted by molar-refractivity contribution is 7.11. The number of ether oxygens (including phenoxy) is 1. The van der Waals surface area contributed by atoms with Crippen molar-refractivity contribution in [2.75, 3.05) is 13.1 Å². The average Bonchev–Trinajstić information content (AvgIpc) is 2.80. The van der Waals surface area contributed by atoms with E-state index in [1.807, 2.05) is 31.9 Å². The van der Waals surface area contributed by atoms with E-state index < -0.39 is 5.60 Å². The van der Waals surface area contributed by atoms with Crippen molar-refractivity contribution >= 4 is 17.4 Å². The number of likely N-dealkylation sites (tertiary alicyclic amines) is 1. The highest BCUT2D eigenvalue weighted by atomic mass is 32.1. The lowest BCUT2D eigenvalue weighted by Gasteiger charge is -2.28. The number of rotatable bonds is 4. The van der Waals surface area contributed by atoms with Crippen molar-refractivity contribution in [3.05, 3.63) is 16.1 Å². The summed E-state index contributed by atoms with van der Waals surface area (Å²) in [6, 6.07) is 0.317. The van der Waals surface area contributed by atoms with Crippen LogP contribution in [0.1, 0.15) is 56.8 Å². The second kappa shape index (κ2) is 8.11. The van der Waals surface area contributed by atoms with E-state index in [1.165, 1.54) is 9.88 Å². The van der Waals surface area contributed by atoms with Crippen molar-refractivity contribution in [3.63, 3.8) is 0 Å². The molecule has 0 aliphatic carbocycles. The van der Waals surface area contributed by atoms with Gasteiger partial charge in [0.1, 0.15) is 5.60 Å². The zero-order valence-corrected chi connectivity index (χ0v) is 15.5. The number of aromatic nitrogens is 1. The van der Waals surface area contributed by atoms with E-state index in [9.17, 15) is 4.79 Å². The lowest BCUT2D eigenvalue weighted by atomic mass is 10.1. The van der Waals surface area contributed by atoms with Crippen LogP contribution < -0.4 is 5.32 Å². The van der Waals surface area contributed by atoms with Crippen LogP contribution in [-0.4, -0.2) is 40.7 Å². The molecular formula is C17H29N3O2S. The van der Waals surface area contributed by atoms with Crippen molar-refractivity contribution in [1.82, 2.24) is 15.2 Å². The van der Waals surface area contributed by atoms with E-state index in [1.54, 1.807) is 11.3 Å². The zero-order valence-electron chi connectivity index (χ0n) is 14.7. The van der Waals surface area contributed by atoms with E-state index in [2.05, 4.69) is 17.2 Å². The average molecular weight is 340 g/mol. The first kappa shape index (κ1) is 18.2. The van der Waals surface area contributed by atoms with E-state index in [0.717, 1.165) is 38.8 Å². The van der Waals surface area contributed by atoms with Gasteiger partial charge in [0.15, 0.2) is 0 Å². The zero-order chi connectivity index (χ0) is 16.9. The minimum atomic E-state index is -0.439. The smallest absolute Gasteiger partial charge is 0.410 e. The molecule has 23 heavy (non-hydrogen) atoms. The molecule has 0 radical (unpaired) electrons. The first-order valence-electron chi connectivity index (χ1n) is 8.52. The maximum Gasteiger partial charge on any atom is 0.410 e. The van der Waals surface area contributed by atoms with Crippen LogP contribution in [-0.2, 0) is 17.7 Å². The number of carbonyl (C=O) groups is 1. The van der Waals surface area contributed by atoms with E-state index in [4.69, 9.17) is 4.74 Å². The third kappa shape index (κ3) is 6.11. The van der Waals surface area contributed by atoms with Crippen LogP contribution in [0.25, 0.3) is 0 Å². The molecule has 0 bridgehead atoms. The number of aryl methyl sites for hydroxylation is 1. The van der Waals surface area contributed by atoms with Gasteiger partial charge in [-0.15, -0.1) is 11.3 Å². The molecular weight excluding hydrogens is 310 g/mol. The van der Waals surface area contributed by atoms with E-state index >= 15 is 0 Å². The Morgan fingerprint density at radius 3 is 2.91 bits per heavy atom. The molecule has 0 spiro atoms. The first-order chi connectivity index (χ1) is 10.9. The molecule has 1 aromatic heterocycles. The summed E-state index contributed by atoms with van der Waals surface area (Å²) in [5, 5.41) is 4.76. The van der Waals surface area contributed by atoms with Gasteiger partial charge in [0.25, 0.3) is 0 Å². The molecule has 2 heterocycles. The summed E-state index contributed by atoms with van der Waals surface area (Å²) in [7, 11) is 0. The monoisotopic (exact) mass is 339 g/mol. The van der Waals surface area contributed by atoms with Gasteiger partial charge in [0.2, 0.25) is 0 Å². The Labute approximate surface area is 143 Å². The highest BCUT2D eigenvalue weighted by Crippen LogP contribution is 2.17. The third-order valence-corrected chi connectivity index (χ3v) is 4.93. The van der Waals surface area contributed by atoms with E-state index in [-0.39, 0.29) is 6.09 Å². The maximum absolute atomic E-state index is 12.3. The van der Waals surface area contributed by atoms with Gasteiger partial charge < -0.3 is 15.0 Å². The lowest BCUT2D eigenvalue weighted by Crippen LogP contribution is -2.44. The largest absolute Gasteiger partial charge is 0.444 e. The molecule has 1 atom stereocenters. The standard InChI is InChI=1S/C17H29N3O2S/c1-5-15-19-11-14(23-15)10-18-13-8-6-7-9-20(12-13)16(21)22-17(2,3)4/h11,13,18H,5-10,12H2,1-4H3. The molecule has 0 saturated carbocycles. The first-order valence-corrected chi connectivity index (χ1v) is 9.34. The fourth-order valence-electron chi connectivity index (χ4n) is 2.64. The van der Waals surface area contributed by atoms with Crippen LogP contribution in [0.5, 0.6) is 0 Å². The maximum atomic E-state index is 12.3. The Kier molecular flexibility index (Phi) is 6.41. The van der Waals surface area contributed by atoms with Crippen molar-refractivity contribution in [2.24, 2.45) is 0 Å². The number of carbonyl (C=O) groups excluding carboxylic acids is 1. The minimum absolute atomic E-state index is 0.197. The Morgan fingerprint density at radius 1 is 1.48 bits per heavy atom. The molecule has 1 aliphatic rings. The van der Waals surface area contributed by atoms with Crippen LogP contribution in [0, 0.1) is 0 Å². The number of amides is 1. The Hall–Kier alpha value is -1.14. The number of hydrogen-bond donors (Lipinski definition) is 1. The molecule has 1 unspecified atom stereocenters. The van der Waals surface area contributed by atoms with Crippen LogP contribution in [0.4, 0.5) is 4.79 Å². The summed E-state index contributed by atoms with van der Waals surface area (Å²) in [5.41, 5.74) is -0.439. The highest BCUT2D eigenvalue weighted by Gasteiger charge is 2.26. The molecule has 1 saturated heterocycles. The summed E-state index contributed by atoms with van der Waals surface area (Å²) >= 11 is 1.76. The molecule has 2 rings (SSSR count). The van der Waals surface area contributed by atoms with Crippen molar-refractivity contribution in [2.45, 2.75) is 71.6 Å². The molecule has 1 aromatic rings. The number of nitrogens with one attached hydrogen (secondary N) is 1. The topological polar surface area (TPSA) is 54.5 Å². The number of thiazole rings is 1. The second-order valence-electron chi connectivity index (χ2n) is 7.07. The van der Waals surface area contributed by atoms with Gasteiger partial charge in [-0.05, 0) is 40.0 Å². The predicted molar refractivity (Wildman–Crippen MR) is 93.8 cm³/mol. The third-order valence-electron chi connectivity index (χ3n) is 3.79. The summed E-state index contributed by atoms with van der Waals surface area (Å²) in [5.74, 6) is 0. The van der Waals surface area contributed by atoms with Crippen LogP contribution in [0.2, 0.25) is 0 Å². The molecule has 130 valence electrons. The molecule has 0 aromatic carbocycles. The van der Waals surface area contributed by atoms with Gasteiger partial charge in [-0.2, -0.15) is 0 Å². The van der Waals surface area contributed by atoms with Crippen molar-refractivity contribution in [3.8, 4) is 0 Å². The Bertz CT molecular complexity index is 510. The molecule has 5 nitrogen and oxygen atoms in total. The van der Waals surface area contributed by atoms with Gasteiger partial charge in [-0.1, -0.05) is 13.3 Å². The summed E-state index contributed by atoms with van der Waals surface area (Å²) < 4.78 is 5.51. The summed E-state index contributed by atoms with van der Waals surface area (Å²) in [4.78, 5) is 19.8. The summed E-state index contributed by atoms with van der Waals surface area (Å²) in [6.07, 6.45) is 6.02. The summed E-state index contributed by atoms with van der Waals surface area (Å²) in [6.45, 7) is 10.2. The van der Waals surface area contributed by atoms with Gasteiger partial charge >= 0.3 is 6.09 Å². The van der Waals surface area contributed by atoms with Crippen molar-refractivity contribution in [1.29, 1.82) is 0 Å². The van der Waals surface area contributed by atoms with Crippen LogP contribution in [0.15, 0.2) is 6.20 Å². The minimum Gasteiger partial charge on any atom is -0.444 e. The van der Waals surface area contributed by atoms with Crippen LogP contribution >= 0.6 is 11.3 Å². The van der Waals surface area contributed by atoms with Gasteiger partial charge in [-0.25, -0.2) is 9.78 Å². The quantitative estimate of drug-likeness (QED) is 0.911. The predicted octanol–water partition coefficient (Wildman–Crippen LogP) is 3.58. The molecule has 6 heteroatoms. The fraction of sp³-hybridized carbons (Fsp3) is 0.765. The number of nitrogens with zero attached hydrogens (tertiary/aromatic N) is 2. The number of hydrogen-bond acceptors (Lipinski definition) is 5. The lowest BCUT2D eigenvalue weighted by molar-refractivity contribution is 0.0243.